The van der Waals surface area contributed by atoms with Crippen LogP contribution < -0.4 is 15.8 Å². The average Bonchev–Trinajstić information content (AvgIpc) is 2.39. The molecule has 1 aromatic rings. The van der Waals surface area contributed by atoms with Crippen molar-refractivity contribution in [2.45, 2.75) is 6.42 Å². The maximum atomic E-state index is 11.6. The number of rotatable bonds is 8. The molecule has 0 fully saturated rings. The van der Waals surface area contributed by atoms with Crippen LogP contribution in [-0.2, 0) is 16.0 Å². The molecule has 0 aliphatic heterocycles. The van der Waals surface area contributed by atoms with Gasteiger partial charge in [0.05, 0.1) is 26.7 Å². The molecule has 1 amide bonds. The Bertz CT molecular complexity index is 352. The summed E-state index contributed by atoms with van der Waals surface area (Å²) in [5.41, 5.74) is 6.23. The molecule has 0 saturated carbocycles. The van der Waals surface area contributed by atoms with Gasteiger partial charge in [0, 0.05) is 13.1 Å². The summed E-state index contributed by atoms with van der Waals surface area (Å²) in [5.74, 6) is 0.769. The zero-order chi connectivity index (χ0) is 13.2. The minimum atomic E-state index is -0.0171. The van der Waals surface area contributed by atoms with Crippen LogP contribution in [0, 0.1) is 0 Å². The van der Waals surface area contributed by atoms with Gasteiger partial charge < -0.3 is 20.5 Å². The second kappa shape index (κ2) is 8.49. The molecule has 0 saturated heterocycles. The first-order valence-electron chi connectivity index (χ1n) is 5.93. The van der Waals surface area contributed by atoms with Crippen molar-refractivity contribution >= 4 is 5.91 Å². The molecule has 18 heavy (non-hydrogen) atoms. The molecule has 0 aliphatic rings. The average molecular weight is 252 g/mol. The molecule has 1 rings (SSSR count). The number of carbonyl (C=O) groups excluding carboxylic acids is 1. The van der Waals surface area contributed by atoms with E-state index in [2.05, 4.69) is 5.32 Å². The predicted molar refractivity (Wildman–Crippen MR) is 69.6 cm³/mol. The van der Waals surface area contributed by atoms with Gasteiger partial charge in [-0.2, -0.15) is 0 Å². The normalized spacial score (nSPS) is 10.1. The third-order valence-corrected chi connectivity index (χ3v) is 2.35. The fourth-order valence-electron chi connectivity index (χ4n) is 1.44. The van der Waals surface area contributed by atoms with E-state index in [0.29, 0.717) is 32.7 Å². The summed E-state index contributed by atoms with van der Waals surface area (Å²) < 4.78 is 10.2. The fourth-order valence-corrected chi connectivity index (χ4v) is 1.44. The maximum Gasteiger partial charge on any atom is 0.224 e. The Hall–Kier alpha value is -1.59. The van der Waals surface area contributed by atoms with E-state index in [1.54, 1.807) is 7.11 Å². The highest BCUT2D eigenvalue weighted by Gasteiger charge is 2.02. The van der Waals surface area contributed by atoms with E-state index in [1.807, 2.05) is 24.3 Å². The Balaban J connectivity index is 2.22. The lowest BCUT2D eigenvalue weighted by molar-refractivity contribution is -0.120. The summed E-state index contributed by atoms with van der Waals surface area (Å²) in [7, 11) is 1.61. The maximum absolute atomic E-state index is 11.6. The molecule has 0 aromatic heterocycles. The Labute approximate surface area is 107 Å². The van der Waals surface area contributed by atoms with Gasteiger partial charge in [-0.1, -0.05) is 12.1 Å². The molecule has 0 aliphatic carbocycles. The van der Waals surface area contributed by atoms with Crippen LogP contribution in [0.15, 0.2) is 24.3 Å². The number of hydrogen-bond donors (Lipinski definition) is 2. The number of amides is 1. The summed E-state index contributed by atoms with van der Waals surface area (Å²) in [4.78, 5) is 11.6. The van der Waals surface area contributed by atoms with Gasteiger partial charge in [-0.05, 0) is 17.7 Å². The molecule has 0 atom stereocenters. The largest absolute Gasteiger partial charge is 0.497 e. The van der Waals surface area contributed by atoms with E-state index in [0.717, 1.165) is 11.3 Å². The van der Waals surface area contributed by atoms with E-state index < -0.39 is 0 Å². The smallest absolute Gasteiger partial charge is 0.224 e. The van der Waals surface area contributed by atoms with Crippen molar-refractivity contribution < 1.29 is 14.3 Å². The summed E-state index contributed by atoms with van der Waals surface area (Å²) in [5, 5.41) is 2.78. The molecule has 0 radical (unpaired) electrons. The van der Waals surface area contributed by atoms with Crippen LogP contribution in [0.1, 0.15) is 5.56 Å². The highest BCUT2D eigenvalue weighted by molar-refractivity contribution is 5.78. The Kier molecular flexibility index (Phi) is 6.83. The van der Waals surface area contributed by atoms with E-state index >= 15 is 0 Å². The monoisotopic (exact) mass is 252 g/mol. The third-order valence-electron chi connectivity index (χ3n) is 2.35. The van der Waals surface area contributed by atoms with E-state index in [-0.39, 0.29) is 5.91 Å². The summed E-state index contributed by atoms with van der Waals surface area (Å²) in [6, 6.07) is 7.44. The van der Waals surface area contributed by atoms with Gasteiger partial charge >= 0.3 is 0 Å². The van der Waals surface area contributed by atoms with Gasteiger partial charge in [0.2, 0.25) is 5.91 Å². The topological polar surface area (TPSA) is 73.6 Å². The number of ether oxygens (including phenoxy) is 2. The first-order valence-corrected chi connectivity index (χ1v) is 5.93. The molecule has 0 unspecified atom stereocenters. The Morgan fingerprint density at radius 2 is 2.00 bits per heavy atom. The van der Waals surface area contributed by atoms with Crippen molar-refractivity contribution in [3.63, 3.8) is 0 Å². The minimum absolute atomic E-state index is 0.0171. The second-order valence-corrected chi connectivity index (χ2v) is 3.78. The molecule has 5 nitrogen and oxygen atoms in total. The van der Waals surface area contributed by atoms with Crippen molar-refractivity contribution in [3.05, 3.63) is 29.8 Å². The van der Waals surface area contributed by atoms with Crippen molar-refractivity contribution in [1.82, 2.24) is 5.32 Å². The lowest BCUT2D eigenvalue weighted by atomic mass is 10.1. The predicted octanol–water partition coefficient (Wildman–Crippen LogP) is 0.329. The van der Waals surface area contributed by atoms with E-state index in [9.17, 15) is 4.79 Å². The highest BCUT2D eigenvalue weighted by atomic mass is 16.5. The van der Waals surface area contributed by atoms with Crippen LogP contribution in [0.25, 0.3) is 0 Å². The van der Waals surface area contributed by atoms with Crippen molar-refractivity contribution in [2.24, 2.45) is 5.73 Å². The van der Waals surface area contributed by atoms with Gasteiger partial charge in [0.25, 0.3) is 0 Å². The molecule has 3 N–H and O–H groups in total. The molecule has 1 aromatic carbocycles. The molecule has 100 valence electrons. The van der Waals surface area contributed by atoms with Gasteiger partial charge in [-0.3, -0.25) is 4.79 Å². The highest BCUT2D eigenvalue weighted by Crippen LogP contribution is 2.11. The summed E-state index contributed by atoms with van der Waals surface area (Å²) in [6.45, 7) is 2.02. The first-order chi connectivity index (χ1) is 8.76. The van der Waals surface area contributed by atoms with Gasteiger partial charge in [-0.25, -0.2) is 0 Å². The van der Waals surface area contributed by atoms with Crippen LogP contribution in [0.2, 0.25) is 0 Å². The van der Waals surface area contributed by atoms with Gasteiger partial charge in [0.15, 0.2) is 0 Å². The van der Waals surface area contributed by atoms with E-state index in [4.69, 9.17) is 15.2 Å². The summed E-state index contributed by atoms with van der Waals surface area (Å²) >= 11 is 0. The van der Waals surface area contributed by atoms with Crippen LogP contribution in [0.3, 0.4) is 0 Å². The molecular formula is C13H20N2O3. The fraction of sp³-hybridized carbons (Fsp3) is 0.462. The number of methoxy groups -OCH3 is 1. The zero-order valence-electron chi connectivity index (χ0n) is 10.6. The number of benzene rings is 1. The van der Waals surface area contributed by atoms with Gasteiger partial charge in [0.1, 0.15) is 5.75 Å². The Morgan fingerprint density at radius 3 is 2.61 bits per heavy atom. The first kappa shape index (κ1) is 14.5. The SMILES string of the molecule is COc1ccc(CC(=O)NCCOCCN)cc1. The molecule has 0 spiro atoms. The van der Waals surface area contributed by atoms with E-state index in [1.165, 1.54) is 0 Å². The molecular weight excluding hydrogens is 232 g/mol. The number of hydrogen-bond acceptors (Lipinski definition) is 4. The molecule has 5 heteroatoms. The summed E-state index contributed by atoms with van der Waals surface area (Å²) in [6.07, 6.45) is 0.362. The zero-order valence-corrected chi connectivity index (χ0v) is 10.6. The lowest BCUT2D eigenvalue weighted by Gasteiger charge is -2.06. The standard InChI is InChI=1S/C13H20N2O3/c1-17-12-4-2-11(3-5-12)10-13(16)15-7-9-18-8-6-14/h2-5H,6-10,14H2,1H3,(H,15,16). The third kappa shape index (κ3) is 5.65. The molecule has 0 heterocycles. The van der Waals surface area contributed by atoms with Crippen LogP contribution in [0.5, 0.6) is 5.75 Å². The number of nitrogens with two attached hydrogens (primary N) is 1. The van der Waals surface area contributed by atoms with Gasteiger partial charge in [-0.15, -0.1) is 0 Å². The van der Waals surface area contributed by atoms with Crippen LogP contribution in [0.4, 0.5) is 0 Å². The van der Waals surface area contributed by atoms with Crippen molar-refractivity contribution in [2.75, 3.05) is 33.4 Å². The number of nitrogens with one attached hydrogen (secondary N) is 1. The number of carbonyl (C=O) groups is 1. The van der Waals surface area contributed by atoms with Crippen molar-refractivity contribution in [3.8, 4) is 5.75 Å². The molecule has 0 bridgehead atoms. The lowest BCUT2D eigenvalue weighted by Crippen LogP contribution is -2.29. The quantitative estimate of drug-likeness (QED) is 0.654. The second-order valence-electron chi connectivity index (χ2n) is 3.78. The van der Waals surface area contributed by atoms with Crippen LogP contribution in [-0.4, -0.2) is 39.3 Å². The minimum Gasteiger partial charge on any atom is -0.497 e. The van der Waals surface area contributed by atoms with Crippen molar-refractivity contribution in [1.29, 1.82) is 0 Å². The Morgan fingerprint density at radius 1 is 1.28 bits per heavy atom. The van der Waals surface area contributed by atoms with Crippen LogP contribution >= 0.6 is 0 Å².